The van der Waals surface area contributed by atoms with E-state index in [-0.39, 0.29) is 6.04 Å². The Morgan fingerprint density at radius 1 is 1.62 bits per heavy atom. The Balaban J connectivity index is 2.22. The molecule has 0 heterocycles. The van der Waals surface area contributed by atoms with E-state index in [1.807, 2.05) is 7.05 Å². The smallest absolute Gasteiger partial charge is 0.149 e. The fraction of sp³-hybridized carbons (Fsp3) is 0.900. The normalized spacial score (nSPS) is 23.0. The van der Waals surface area contributed by atoms with Crippen LogP contribution in [0.15, 0.2) is 0 Å². The molecule has 1 aliphatic carbocycles. The second-order valence-corrected chi connectivity index (χ2v) is 3.81. The molecule has 0 aliphatic heterocycles. The highest BCUT2D eigenvalue weighted by molar-refractivity contribution is 5.85. The van der Waals surface area contributed by atoms with Gasteiger partial charge in [-0.15, -0.1) is 0 Å². The second kappa shape index (κ2) is 5.35. The molecule has 1 atom stereocenters. The van der Waals surface area contributed by atoms with Gasteiger partial charge >= 0.3 is 0 Å². The quantitative estimate of drug-likeness (QED) is 0.637. The molecule has 0 aromatic heterocycles. The number of carbonyl (C=O) groups excluding carboxylic acids is 1. The number of nitrogens with one attached hydrogen (secondary N) is 1. The molecule has 0 aromatic rings. The average Bonchev–Trinajstić information content (AvgIpc) is 2.52. The molecule has 0 bridgehead atoms. The van der Waals surface area contributed by atoms with Gasteiger partial charge in [-0.2, -0.15) is 0 Å². The van der Waals surface area contributed by atoms with E-state index in [4.69, 9.17) is 0 Å². The van der Waals surface area contributed by atoms with Crippen LogP contribution in [0.5, 0.6) is 0 Å². The van der Waals surface area contributed by atoms with Crippen LogP contribution in [0.2, 0.25) is 0 Å². The summed E-state index contributed by atoms with van der Waals surface area (Å²) in [6.07, 6.45) is 4.06. The zero-order chi connectivity index (χ0) is 9.68. The molecule has 76 valence electrons. The van der Waals surface area contributed by atoms with E-state index in [2.05, 4.69) is 17.3 Å². The number of nitrogens with zero attached hydrogens (tertiary/aromatic N) is 1. The third kappa shape index (κ3) is 3.08. The van der Waals surface area contributed by atoms with Gasteiger partial charge in [0, 0.05) is 6.42 Å². The highest BCUT2D eigenvalue weighted by atomic mass is 16.1. The van der Waals surface area contributed by atoms with Crippen LogP contribution in [-0.2, 0) is 4.79 Å². The fourth-order valence-corrected chi connectivity index (χ4v) is 1.92. The lowest BCUT2D eigenvalue weighted by Crippen LogP contribution is -2.36. The first-order valence-electron chi connectivity index (χ1n) is 5.13. The van der Waals surface area contributed by atoms with Crippen molar-refractivity contribution in [3.63, 3.8) is 0 Å². The lowest BCUT2D eigenvalue weighted by atomic mass is 10.2. The van der Waals surface area contributed by atoms with Gasteiger partial charge in [-0.25, -0.2) is 0 Å². The molecular weight excluding hydrogens is 164 g/mol. The number of hydrogen-bond donors (Lipinski definition) is 1. The molecule has 0 spiro atoms. The molecule has 1 saturated carbocycles. The van der Waals surface area contributed by atoms with Crippen LogP contribution in [-0.4, -0.2) is 43.9 Å². The molecule has 1 unspecified atom stereocenters. The largest absolute Gasteiger partial charge is 0.320 e. The molecule has 3 heteroatoms. The first-order valence-corrected chi connectivity index (χ1v) is 5.13. The molecule has 13 heavy (non-hydrogen) atoms. The van der Waals surface area contributed by atoms with E-state index in [0.29, 0.717) is 5.78 Å². The first-order chi connectivity index (χ1) is 6.25. The van der Waals surface area contributed by atoms with Crippen molar-refractivity contribution in [2.24, 2.45) is 0 Å². The van der Waals surface area contributed by atoms with Crippen LogP contribution in [0.25, 0.3) is 0 Å². The van der Waals surface area contributed by atoms with Gasteiger partial charge in [0.05, 0.1) is 6.04 Å². The number of rotatable bonds is 5. The summed E-state index contributed by atoms with van der Waals surface area (Å²) in [5.74, 6) is 0.437. The number of likely N-dealkylation sites (N-methyl/N-ethyl adjacent to an activating group) is 1. The van der Waals surface area contributed by atoms with Crippen LogP contribution in [0, 0.1) is 0 Å². The van der Waals surface area contributed by atoms with Crippen LogP contribution >= 0.6 is 0 Å². The fourth-order valence-electron chi connectivity index (χ4n) is 1.92. The van der Waals surface area contributed by atoms with Gasteiger partial charge in [0.25, 0.3) is 0 Å². The number of Topliss-reactive ketones (excluding diaryl/α,β-unsaturated/α-hetero) is 1. The minimum absolute atomic E-state index is 0.219. The van der Waals surface area contributed by atoms with Crippen LogP contribution in [0.1, 0.15) is 25.7 Å². The van der Waals surface area contributed by atoms with Crippen LogP contribution in [0.3, 0.4) is 0 Å². The SMILES string of the molecule is CNCCCN(C)C1CCCC1=O. The summed E-state index contributed by atoms with van der Waals surface area (Å²) < 4.78 is 0. The van der Waals surface area contributed by atoms with Crippen molar-refractivity contribution >= 4 is 5.78 Å². The third-order valence-electron chi connectivity index (χ3n) is 2.74. The maximum Gasteiger partial charge on any atom is 0.149 e. The predicted octanol–water partition coefficient (Wildman–Crippen LogP) is 0.649. The Morgan fingerprint density at radius 2 is 2.38 bits per heavy atom. The van der Waals surface area contributed by atoms with Gasteiger partial charge in [0.15, 0.2) is 0 Å². The monoisotopic (exact) mass is 184 g/mol. The van der Waals surface area contributed by atoms with Crippen molar-refractivity contribution in [3.05, 3.63) is 0 Å². The minimum Gasteiger partial charge on any atom is -0.320 e. The molecule has 1 aliphatic rings. The van der Waals surface area contributed by atoms with Crippen LogP contribution < -0.4 is 5.32 Å². The summed E-state index contributed by atoms with van der Waals surface area (Å²) in [6, 6.07) is 0.219. The standard InChI is InChI=1S/C10H20N2O/c1-11-7-4-8-12(2)9-5-3-6-10(9)13/h9,11H,3-8H2,1-2H3. The minimum atomic E-state index is 0.219. The van der Waals surface area contributed by atoms with E-state index < -0.39 is 0 Å². The molecule has 0 saturated heterocycles. The summed E-state index contributed by atoms with van der Waals surface area (Å²) in [5, 5.41) is 3.11. The zero-order valence-electron chi connectivity index (χ0n) is 8.68. The van der Waals surface area contributed by atoms with E-state index >= 15 is 0 Å². The summed E-state index contributed by atoms with van der Waals surface area (Å²) >= 11 is 0. The topological polar surface area (TPSA) is 32.3 Å². The molecule has 1 rings (SSSR count). The second-order valence-electron chi connectivity index (χ2n) is 3.81. The maximum absolute atomic E-state index is 11.4. The van der Waals surface area contributed by atoms with Crippen LogP contribution in [0.4, 0.5) is 0 Å². The van der Waals surface area contributed by atoms with Crippen molar-refractivity contribution in [1.82, 2.24) is 10.2 Å². The maximum atomic E-state index is 11.4. The van der Waals surface area contributed by atoms with E-state index in [9.17, 15) is 4.79 Å². The number of ketones is 1. The highest BCUT2D eigenvalue weighted by Gasteiger charge is 2.27. The molecule has 1 N–H and O–H groups in total. The zero-order valence-corrected chi connectivity index (χ0v) is 8.68. The molecule has 0 radical (unpaired) electrons. The predicted molar refractivity (Wildman–Crippen MR) is 53.8 cm³/mol. The van der Waals surface area contributed by atoms with Crippen molar-refractivity contribution in [2.75, 3.05) is 27.2 Å². The summed E-state index contributed by atoms with van der Waals surface area (Å²) in [7, 11) is 4.02. The van der Waals surface area contributed by atoms with E-state index in [1.165, 1.54) is 0 Å². The number of carbonyl (C=O) groups is 1. The van der Waals surface area contributed by atoms with Crippen molar-refractivity contribution < 1.29 is 4.79 Å². The Morgan fingerprint density at radius 3 is 2.92 bits per heavy atom. The Hall–Kier alpha value is -0.410. The molecule has 1 fully saturated rings. The molecule has 0 amide bonds. The van der Waals surface area contributed by atoms with E-state index in [0.717, 1.165) is 38.8 Å². The van der Waals surface area contributed by atoms with Gasteiger partial charge in [0.1, 0.15) is 5.78 Å². The average molecular weight is 184 g/mol. The van der Waals surface area contributed by atoms with Crippen molar-refractivity contribution in [2.45, 2.75) is 31.7 Å². The van der Waals surface area contributed by atoms with Gasteiger partial charge in [-0.3, -0.25) is 9.69 Å². The van der Waals surface area contributed by atoms with Crippen molar-refractivity contribution in [3.8, 4) is 0 Å². The Bertz CT molecular complexity index is 170. The van der Waals surface area contributed by atoms with E-state index in [1.54, 1.807) is 0 Å². The lowest BCUT2D eigenvalue weighted by molar-refractivity contribution is -0.121. The third-order valence-corrected chi connectivity index (χ3v) is 2.74. The summed E-state index contributed by atoms with van der Waals surface area (Å²) in [5.41, 5.74) is 0. The summed E-state index contributed by atoms with van der Waals surface area (Å²) in [4.78, 5) is 13.6. The number of hydrogen-bond acceptors (Lipinski definition) is 3. The molecule has 0 aromatic carbocycles. The van der Waals surface area contributed by atoms with Gasteiger partial charge in [-0.05, 0) is 46.4 Å². The molecular formula is C10H20N2O. The van der Waals surface area contributed by atoms with Gasteiger partial charge < -0.3 is 5.32 Å². The Labute approximate surface area is 80.5 Å². The summed E-state index contributed by atoms with van der Waals surface area (Å²) in [6.45, 7) is 2.06. The highest BCUT2D eigenvalue weighted by Crippen LogP contribution is 2.18. The van der Waals surface area contributed by atoms with Gasteiger partial charge in [0.2, 0.25) is 0 Å². The first kappa shape index (κ1) is 10.7. The lowest BCUT2D eigenvalue weighted by Gasteiger charge is -2.22. The molecule has 3 nitrogen and oxygen atoms in total. The van der Waals surface area contributed by atoms with Gasteiger partial charge in [-0.1, -0.05) is 0 Å². The Kier molecular flexibility index (Phi) is 4.39. The van der Waals surface area contributed by atoms with Crippen molar-refractivity contribution in [1.29, 1.82) is 0 Å².